The summed E-state index contributed by atoms with van der Waals surface area (Å²) in [5, 5.41) is 9.60. The van der Waals surface area contributed by atoms with Gasteiger partial charge in [-0.15, -0.1) is 11.3 Å². The minimum atomic E-state index is -0.882. The van der Waals surface area contributed by atoms with E-state index in [1.54, 1.807) is 13.2 Å². The minimum absolute atomic E-state index is 0.177. The smallest absolute Gasteiger partial charge is 0.157 e. The summed E-state index contributed by atoms with van der Waals surface area (Å²) in [6.45, 7) is 0.481. The standard InChI is InChI=1S/C14H13FN2O2S/c1-19-6-2-3-12(18)10(8-16)14-17-11-7-9(15)4-5-13(11)20-14/h4-5,7,10H,2-3,6H2,1H3/t10-/m0/s1. The van der Waals surface area contributed by atoms with E-state index in [0.717, 1.165) is 4.70 Å². The Labute approximate surface area is 119 Å². The van der Waals surface area contributed by atoms with E-state index in [4.69, 9.17) is 4.74 Å². The molecule has 0 aliphatic carbocycles. The Kier molecular flexibility index (Phi) is 4.77. The number of ether oxygens (including phenoxy) is 1. The first kappa shape index (κ1) is 14.6. The lowest BCUT2D eigenvalue weighted by molar-refractivity contribution is -0.119. The van der Waals surface area contributed by atoms with E-state index in [2.05, 4.69) is 4.98 Å². The van der Waals surface area contributed by atoms with Crippen LogP contribution in [0, 0.1) is 17.1 Å². The lowest BCUT2D eigenvalue weighted by atomic mass is 10.0. The maximum atomic E-state index is 13.1. The lowest BCUT2D eigenvalue weighted by Gasteiger charge is -2.04. The Hall–Kier alpha value is -1.84. The third kappa shape index (κ3) is 3.18. The molecule has 0 bridgehead atoms. The Morgan fingerprint density at radius 1 is 1.60 bits per heavy atom. The van der Waals surface area contributed by atoms with Crippen LogP contribution < -0.4 is 0 Å². The van der Waals surface area contributed by atoms with E-state index in [-0.39, 0.29) is 18.0 Å². The third-order valence-electron chi connectivity index (χ3n) is 2.84. The van der Waals surface area contributed by atoms with E-state index in [9.17, 15) is 14.4 Å². The van der Waals surface area contributed by atoms with Gasteiger partial charge in [-0.05, 0) is 18.6 Å². The second kappa shape index (κ2) is 6.55. The number of halogens is 1. The molecular weight excluding hydrogens is 279 g/mol. The molecule has 1 heterocycles. The molecule has 0 radical (unpaired) electrons. The predicted octanol–water partition coefficient (Wildman–Crippen LogP) is 3.04. The van der Waals surface area contributed by atoms with Crippen LogP contribution in [0.4, 0.5) is 4.39 Å². The summed E-state index contributed by atoms with van der Waals surface area (Å²) in [5.74, 6) is -1.44. The van der Waals surface area contributed by atoms with Crippen LogP contribution in [0.5, 0.6) is 0 Å². The van der Waals surface area contributed by atoms with Crippen LogP contribution in [0.25, 0.3) is 10.2 Å². The van der Waals surface area contributed by atoms with Crippen molar-refractivity contribution in [3.05, 3.63) is 29.0 Å². The van der Waals surface area contributed by atoms with Gasteiger partial charge >= 0.3 is 0 Å². The van der Waals surface area contributed by atoms with Crippen molar-refractivity contribution >= 4 is 27.3 Å². The van der Waals surface area contributed by atoms with Crippen molar-refractivity contribution in [3.8, 4) is 6.07 Å². The highest BCUT2D eigenvalue weighted by molar-refractivity contribution is 7.18. The first-order valence-corrected chi connectivity index (χ1v) is 6.94. The number of carbonyl (C=O) groups excluding carboxylic acids is 1. The molecule has 0 fully saturated rings. The molecule has 0 spiro atoms. The van der Waals surface area contributed by atoms with E-state index in [1.807, 2.05) is 6.07 Å². The predicted molar refractivity (Wildman–Crippen MR) is 74.0 cm³/mol. The number of hydrogen-bond donors (Lipinski definition) is 0. The Balaban J connectivity index is 2.21. The van der Waals surface area contributed by atoms with Gasteiger partial charge in [0.05, 0.1) is 16.3 Å². The number of Topliss-reactive ketones (excluding diaryl/α,β-unsaturated/α-hetero) is 1. The van der Waals surface area contributed by atoms with E-state index in [0.29, 0.717) is 23.6 Å². The molecule has 1 aromatic carbocycles. The van der Waals surface area contributed by atoms with Crippen LogP contribution in [0.3, 0.4) is 0 Å². The average molecular weight is 292 g/mol. The van der Waals surface area contributed by atoms with Crippen molar-refractivity contribution in [1.82, 2.24) is 4.98 Å². The molecule has 2 rings (SSSR count). The first-order chi connectivity index (χ1) is 9.65. The molecule has 4 nitrogen and oxygen atoms in total. The van der Waals surface area contributed by atoms with Crippen molar-refractivity contribution in [2.75, 3.05) is 13.7 Å². The van der Waals surface area contributed by atoms with Gasteiger partial charge in [-0.3, -0.25) is 4.79 Å². The maximum Gasteiger partial charge on any atom is 0.157 e. The van der Waals surface area contributed by atoms with E-state index < -0.39 is 5.92 Å². The number of rotatable bonds is 6. The van der Waals surface area contributed by atoms with Crippen molar-refractivity contribution in [3.63, 3.8) is 0 Å². The van der Waals surface area contributed by atoms with Crippen molar-refractivity contribution in [1.29, 1.82) is 5.26 Å². The van der Waals surface area contributed by atoms with Crippen LogP contribution in [-0.4, -0.2) is 24.5 Å². The molecule has 0 aliphatic rings. The zero-order chi connectivity index (χ0) is 14.5. The van der Waals surface area contributed by atoms with Crippen LogP contribution in [0.1, 0.15) is 23.8 Å². The van der Waals surface area contributed by atoms with Gasteiger partial charge in [0, 0.05) is 26.2 Å². The SMILES string of the molecule is COCCCC(=O)[C@H](C#N)c1nc2cc(F)ccc2s1. The average Bonchev–Trinajstić information content (AvgIpc) is 2.82. The van der Waals surface area contributed by atoms with Gasteiger partial charge in [-0.2, -0.15) is 5.26 Å². The largest absolute Gasteiger partial charge is 0.385 e. The zero-order valence-corrected chi connectivity index (χ0v) is 11.7. The molecular formula is C14H13FN2O2S. The van der Waals surface area contributed by atoms with Gasteiger partial charge < -0.3 is 4.74 Å². The molecule has 20 heavy (non-hydrogen) atoms. The summed E-state index contributed by atoms with van der Waals surface area (Å²) in [6.07, 6.45) is 0.851. The molecule has 6 heteroatoms. The summed E-state index contributed by atoms with van der Waals surface area (Å²) in [4.78, 5) is 16.2. The van der Waals surface area contributed by atoms with Gasteiger partial charge in [0.1, 0.15) is 10.8 Å². The highest BCUT2D eigenvalue weighted by Gasteiger charge is 2.23. The van der Waals surface area contributed by atoms with Gasteiger partial charge in [0.25, 0.3) is 0 Å². The number of ketones is 1. The number of benzene rings is 1. The summed E-state index contributed by atoms with van der Waals surface area (Å²) in [6, 6.07) is 6.24. The lowest BCUT2D eigenvalue weighted by Crippen LogP contribution is -2.11. The first-order valence-electron chi connectivity index (χ1n) is 6.13. The second-order valence-corrected chi connectivity index (χ2v) is 5.35. The van der Waals surface area contributed by atoms with Gasteiger partial charge in [-0.25, -0.2) is 9.37 Å². The molecule has 2 aromatic rings. The minimum Gasteiger partial charge on any atom is -0.385 e. The summed E-state index contributed by atoms with van der Waals surface area (Å²) in [5.41, 5.74) is 0.481. The van der Waals surface area contributed by atoms with Gasteiger partial charge in [0.2, 0.25) is 0 Å². The number of carbonyl (C=O) groups is 1. The number of thiazole rings is 1. The van der Waals surface area contributed by atoms with Crippen LogP contribution >= 0.6 is 11.3 Å². The van der Waals surface area contributed by atoms with E-state index >= 15 is 0 Å². The summed E-state index contributed by atoms with van der Waals surface area (Å²) >= 11 is 1.25. The van der Waals surface area contributed by atoms with Crippen molar-refractivity contribution < 1.29 is 13.9 Å². The molecule has 1 atom stereocenters. The van der Waals surface area contributed by atoms with Crippen molar-refractivity contribution in [2.24, 2.45) is 0 Å². The molecule has 0 unspecified atom stereocenters. The normalized spacial score (nSPS) is 12.2. The number of nitriles is 1. The monoisotopic (exact) mass is 292 g/mol. The molecule has 0 amide bonds. The quantitative estimate of drug-likeness (QED) is 0.768. The Morgan fingerprint density at radius 3 is 3.10 bits per heavy atom. The fourth-order valence-corrected chi connectivity index (χ4v) is 2.86. The van der Waals surface area contributed by atoms with Crippen LogP contribution in [-0.2, 0) is 9.53 Å². The number of nitrogens with zero attached hydrogens (tertiary/aromatic N) is 2. The summed E-state index contributed by atoms with van der Waals surface area (Å²) in [7, 11) is 1.56. The molecule has 1 aromatic heterocycles. The van der Waals surface area contributed by atoms with E-state index in [1.165, 1.54) is 23.5 Å². The Bertz CT molecular complexity index is 663. The summed E-state index contributed by atoms with van der Waals surface area (Å²) < 4.78 is 18.8. The third-order valence-corrected chi connectivity index (χ3v) is 3.94. The number of hydrogen-bond acceptors (Lipinski definition) is 5. The molecule has 0 saturated heterocycles. The highest BCUT2D eigenvalue weighted by Crippen LogP contribution is 2.29. The number of fused-ring (bicyclic) bond motifs is 1. The van der Waals surface area contributed by atoms with Crippen molar-refractivity contribution in [2.45, 2.75) is 18.8 Å². The number of aromatic nitrogens is 1. The zero-order valence-electron chi connectivity index (χ0n) is 10.9. The number of methoxy groups -OCH3 is 1. The van der Waals surface area contributed by atoms with Crippen LogP contribution in [0.15, 0.2) is 18.2 Å². The molecule has 0 N–H and O–H groups in total. The highest BCUT2D eigenvalue weighted by atomic mass is 32.1. The molecule has 0 saturated carbocycles. The van der Waals surface area contributed by atoms with Gasteiger partial charge in [-0.1, -0.05) is 0 Å². The molecule has 104 valence electrons. The molecule has 0 aliphatic heterocycles. The topological polar surface area (TPSA) is 63.0 Å². The van der Waals surface area contributed by atoms with Crippen LogP contribution in [0.2, 0.25) is 0 Å². The maximum absolute atomic E-state index is 13.1. The second-order valence-electron chi connectivity index (χ2n) is 4.29. The van der Waals surface area contributed by atoms with Gasteiger partial charge in [0.15, 0.2) is 11.7 Å². The fourth-order valence-electron chi connectivity index (χ4n) is 1.84. The fraction of sp³-hybridized carbons (Fsp3) is 0.357. The Morgan fingerprint density at radius 2 is 2.40 bits per heavy atom.